The van der Waals surface area contributed by atoms with Crippen molar-refractivity contribution in [3.63, 3.8) is 0 Å². The van der Waals surface area contributed by atoms with Crippen LogP contribution in [0.4, 0.5) is 0 Å². The molecule has 0 bridgehead atoms. The van der Waals surface area contributed by atoms with Gasteiger partial charge in [0.25, 0.3) is 5.91 Å². The summed E-state index contributed by atoms with van der Waals surface area (Å²) in [4.78, 5) is 12.2. The van der Waals surface area contributed by atoms with E-state index in [-0.39, 0.29) is 5.91 Å². The van der Waals surface area contributed by atoms with Gasteiger partial charge in [-0.2, -0.15) is 0 Å². The van der Waals surface area contributed by atoms with E-state index in [1.54, 1.807) is 32.2 Å². The van der Waals surface area contributed by atoms with Crippen LogP contribution in [0.1, 0.15) is 18.1 Å². The normalized spacial score (nSPS) is 11.7. The van der Waals surface area contributed by atoms with Crippen molar-refractivity contribution in [1.29, 1.82) is 0 Å². The number of carbonyl (C=O) groups is 1. The van der Waals surface area contributed by atoms with E-state index in [4.69, 9.17) is 21.1 Å². The molecule has 0 aromatic heterocycles. The lowest BCUT2D eigenvalue weighted by Gasteiger charge is -2.16. The lowest BCUT2D eigenvalue weighted by molar-refractivity contribution is -0.127. The maximum atomic E-state index is 12.2. The molecule has 0 aliphatic heterocycles. The number of hydrogen-bond donors (Lipinski definition) is 1. The fourth-order valence-electron chi connectivity index (χ4n) is 2.10. The molecule has 2 aromatic rings. The Morgan fingerprint density at radius 3 is 2.74 bits per heavy atom. The van der Waals surface area contributed by atoms with Gasteiger partial charge in [-0.3, -0.25) is 4.79 Å². The summed E-state index contributed by atoms with van der Waals surface area (Å²) in [6.45, 7) is 4.03. The van der Waals surface area contributed by atoms with Crippen molar-refractivity contribution in [2.45, 2.75) is 26.5 Å². The van der Waals surface area contributed by atoms with E-state index in [0.717, 1.165) is 16.9 Å². The molecule has 23 heavy (non-hydrogen) atoms. The molecule has 0 saturated carbocycles. The Kier molecular flexibility index (Phi) is 5.88. The van der Waals surface area contributed by atoms with Gasteiger partial charge in [0, 0.05) is 11.6 Å². The third-order valence-corrected chi connectivity index (χ3v) is 3.65. The number of halogens is 1. The van der Waals surface area contributed by atoms with Crippen molar-refractivity contribution in [3.8, 4) is 11.5 Å². The van der Waals surface area contributed by atoms with Gasteiger partial charge in [0.05, 0.1) is 7.11 Å². The predicted molar refractivity (Wildman–Crippen MR) is 91.1 cm³/mol. The van der Waals surface area contributed by atoms with Crippen LogP contribution in [0.5, 0.6) is 11.5 Å². The molecule has 122 valence electrons. The maximum Gasteiger partial charge on any atom is 0.261 e. The van der Waals surface area contributed by atoms with Gasteiger partial charge in [-0.25, -0.2) is 0 Å². The molecule has 2 rings (SSSR count). The Morgan fingerprint density at radius 2 is 2.04 bits per heavy atom. The summed E-state index contributed by atoms with van der Waals surface area (Å²) >= 11 is 5.91. The quantitative estimate of drug-likeness (QED) is 0.876. The van der Waals surface area contributed by atoms with Gasteiger partial charge in [-0.15, -0.1) is 0 Å². The van der Waals surface area contributed by atoms with Gasteiger partial charge in [0.2, 0.25) is 0 Å². The van der Waals surface area contributed by atoms with Crippen molar-refractivity contribution < 1.29 is 14.3 Å². The van der Waals surface area contributed by atoms with Crippen LogP contribution >= 0.6 is 11.6 Å². The van der Waals surface area contributed by atoms with Crippen LogP contribution in [0.15, 0.2) is 42.5 Å². The van der Waals surface area contributed by atoms with E-state index in [0.29, 0.717) is 17.3 Å². The molecular formula is C18H20ClNO3. The third-order valence-electron chi connectivity index (χ3n) is 3.41. The Balaban J connectivity index is 1.92. The number of amides is 1. The Hall–Kier alpha value is -2.20. The zero-order valence-corrected chi connectivity index (χ0v) is 14.2. The van der Waals surface area contributed by atoms with Crippen molar-refractivity contribution in [2.24, 2.45) is 0 Å². The average Bonchev–Trinajstić information content (AvgIpc) is 2.55. The number of carbonyl (C=O) groups excluding carboxylic acids is 1. The summed E-state index contributed by atoms with van der Waals surface area (Å²) in [5.41, 5.74) is 1.86. The Labute approximate surface area is 141 Å². The first kappa shape index (κ1) is 17.2. The van der Waals surface area contributed by atoms with E-state index >= 15 is 0 Å². The monoisotopic (exact) mass is 333 g/mol. The highest BCUT2D eigenvalue weighted by molar-refractivity contribution is 6.30. The molecule has 1 N–H and O–H groups in total. The van der Waals surface area contributed by atoms with Crippen LogP contribution in [-0.4, -0.2) is 19.1 Å². The van der Waals surface area contributed by atoms with Crippen LogP contribution in [0, 0.1) is 6.92 Å². The zero-order chi connectivity index (χ0) is 16.8. The molecule has 0 aliphatic rings. The Bertz CT molecular complexity index is 688. The Morgan fingerprint density at radius 1 is 1.26 bits per heavy atom. The molecule has 0 radical (unpaired) electrons. The highest BCUT2D eigenvalue weighted by Gasteiger charge is 2.15. The summed E-state index contributed by atoms with van der Waals surface area (Å²) in [6, 6.07) is 12.9. The molecule has 5 heteroatoms. The molecule has 0 heterocycles. The molecule has 0 saturated heterocycles. The summed E-state index contributed by atoms with van der Waals surface area (Å²) in [6.07, 6.45) is -0.597. The number of nitrogens with one attached hydrogen (secondary N) is 1. The first-order valence-corrected chi connectivity index (χ1v) is 7.71. The standard InChI is InChI=1S/C18H20ClNO3/c1-12-9-15(19)7-8-17(12)23-13(2)18(21)20-11-14-5-4-6-16(10-14)22-3/h4-10,13H,11H2,1-3H3,(H,20,21). The molecule has 1 amide bonds. The van der Waals surface area contributed by atoms with Crippen molar-refractivity contribution in [3.05, 3.63) is 58.6 Å². The van der Waals surface area contributed by atoms with Crippen molar-refractivity contribution in [2.75, 3.05) is 7.11 Å². The summed E-state index contributed by atoms with van der Waals surface area (Å²) in [5.74, 6) is 1.23. The van der Waals surface area contributed by atoms with Crippen LogP contribution in [0.2, 0.25) is 5.02 Å². The van der Waals surface area contributed by atoms with Gasteiger partial charge >= 0.3 is 0 Å². The molecule has 1 atom stereocenters. The average molecular weight is 334 g/mol. The molecule has 4 nitrogen and oxygen atoms in total. The minimum absolute atomic E-state index is 0.179. The molecule has 1 unspecified atom stereocenters. The summed E-state index contributed by atoms with van der Waals surface area (Å²) in [7, 11) is 1.61. The van der Waals surface area contributed by atoms with Crippen LogP contribution in [-0.2, 0) is 11.3 Å². The first-order chi connectivity index (χ1) is 11.0. The lowest BCUT2D eigenvalue weighted by atomic mass is 10.2. The minimum Gasteiger partial charge on any atom is -0.497 e. The van der Waals surface area contributed by atoms with Crippen LogP contribution in [0.25, 0.3) is 0 Å². The fourth-order valence-corrected chi connectivity index (χ4v) is 2.33. The van der Waals surface area contributed by atoms with Gasteiger partial charge < -0.3 is 14.8 Å². The molecule has 0 aliphatic carbocycles. The number of benzene rings is 2. The van der Waals surface area contributed by atoms with Crippen molar-refractivity contribution in [1.82, 2.24) is 5.32 Å². The second-order valence-electron chi connectivity index (χ2n) is 5.24. The van der Waals surface area contributed by atoms with Gasteiger partial charge in [0.1, 0.15) is 11.5 Å². The van der Waals surface area contributed by atoms with Gasteiger partial charge in [0.15, 0.2) is 6.10 Å². The minimum atomic E-state index is -0.597. The number of aryl methyl sites for hydroxylation is 1. The first-order valence-electron chi connectivity index (χ1n) is 7.33. The SMILES string of the molecule is COc1cccc(CNC(=O)C(C)Oc2ccc(Cl)cc2C)c1. The maximum absolute atomic E-state index is 12.2. The zero-order valence-electron chi connectivity index (χ0n) is 13.4. The fraction of sp³-hybridized carbons (Fsp3) is 0.278. The second-order valence-corrected chi connectivity index (χ2v) is 5.68. The van der Waals surface area contributed by atoms with E-state index < -0.39 is 6.10 Å². The highest BCUT2D eigenvalue weighted by Crippen LogP contribution is 2.22. The highest BCUT2D eigenvalue weighted by atomic mass is 35.5. The summed E-state index contributed by atoms with van der Waals surface area (Å²) < 4.78 is 10.9. The van der Waals surface area contributed by atoms with Crippen LogP contribution in [0.3, 0.4) is 0 Å². The number of ether oxygens (including phenoxy) is 2. The number of methoxy groups -OCH3 is 1. The van der Waals surface area contributed by atoms with E-state index in [2.05, 4.69) is 5.32 Å². The molecule has 2 aromatic carbocycles. The molecule has 0 fully saturated rings. The smallest absolute Gasteiger partial charge is 0.261 e. The molecule has 0 spiro atoms. The van der Waals surface area contributed by atoms with E-state index in [9.17, 15) is 4.79 Å². The summed E-state index contributed by atoms with van der Waals surface area (Å²) in [5, 5.41) is 3.50. The van der Waals surface area contributed by atoms with E-state index in [1.807, 2.05) is 31.2 Å². The second kappa shape index (κ2) is 7.88. The van der Waals surface area contributed by atoms with Gasteiger partial charge in [-0.1, -0.05) is 23.7 Å². The lowest BCUT2D eigenvalue weighted by Crippen LogP contribution is -2.36. The largest absolute Gasteiger partial charge is 0.497 e. The number of hydrogen-bond acceptors (Lipinski definition) is 3. The van der Waals surface area contributed by atoms with Gasteiger partial charge in [-0.05, 0) is 55.3 Å². The molecular weight excluding hydrogens is 314 g/mol. The predicted octanol–water partition coefficient (Wildman–Crippen LogP) is 3.74. The van der Waals surface area contributed by atoms with E-state index in [1.165, 1.54) is 0 Å². The van der Waals surface area contributed by atoms with Crippen LogP contribution < -0.4 is 14.8 Å². The number of rotatable bonds is 6. The topological polar surface area (TPSA) is 47.6 Å². The third kappa shape index (κ3) is 4.89. The van der Waals surface area contributed by atoms with Crippen molar-refractivity contribution >= 4 is 17.5 Å².